The van der Waals surface area contributed by atoms with Gasteiger partial charge in [-0.3, -0.25) is 4.79 Å². The third-order valence-electron chi connectivity index (χ3n) is 5.68. The Hall–Kier alpha value is -1.21. The molecule has 2 bridgehead atoms. The number of nitrogens with one attached hydrogen (secondary N) is 1. The number of hydrogen-bond donors (Lipinski definition) is 2. The molecule has 1 aromatic rings. The zero-order chi connectivity index (χ0) is 18.8. The van der Waals surface area contributed by atoms with Crippen LogP contribution >= 0.6 is 11.8 Å². The maximum absolute atomic E-state index is 12.9. The van der Waals surface area contributed by atoms with Gasteiger partial charge in [0, 0.05) is 11.3 Å². The second kappa shape index (κ2) is 8.21. The summed E-state index contributed by atoms with van der Waals surface area (Å²) in [6.07, 6.45) is 4.55. The van der Waals surface area contributed by atoms with Crippen molar-refractivity contribution in [3.05, 3.63) is 5.76 Å². The molecule has 2 N–H and O–H groups in total. The van der Waals surface area contributed by atoms with Gasteiger partial charge in [0.15, 0.2) is 0 Å². The van der Waals surface area contributed by atoms with Gasteiger partial charge >= 0.3 is 0 Å². The Morgan fingerprint density at radius 3 is 2.81 bits per heavy atom. The van der Waals surface area contributed by atoms with Gasteiger partial charge in [0.1, 0.15) is 4.90 Å². The first-order valence-electron chi connectivity index (χ1n) is 9.58. The minimum absolute atomic E-state index is 0.0606. The van der Waals surface area contributed by atoms with Gasteiger partial charge in [-0.1, -0.05) is 20.8 Å². The number of thioether (sulfide) groups is 1. The number of hydrogen-bond acceptors (Lipinski definition) is 6. The number of nitrogens with zero attached hydrogens (tertiary/aromatic N) is 1. The maximum atomic E-state index is 12.9. The van der Waals surface area contributed by atoms with Crippen LogP contribution < -0.4 is 10.1 Å². The molecule has 2 aliphatic rings. The highest BCUT2D eigenvalue weighted by atomic mass is 32.2. The van der Waals surface area contributed by atoms with Gasteiger partial charge in [-0.25, -0.2) is 0 Å². The van der Waals surface area contributed by atoms with Crippen LogP contribution in [0, 0.1) is 17.8 Å². The Bertz CT molecular complexity index is 633. The molecule has 1 aromatic heterocycles. The van der Waals surface area contributed by atoms with E-state index in [9.17, 15) is 9.90 Å². The fourth-order valence-corrected chi connectivity index (χ4v) is 5.47. The van der Waals surface area contributed by atoms with Gasteiger partial charge < -0.3 is 19.7 Å². The zero-order valence-electron chi connectivity index (χ0n) is 16.0. The minimum Gasteiger partial charge on any atom is -0.478 e. The molecule has 3 rings (SSSR count). The van der Waals surface area contributed by atoms with E-state index in [2.05, 4.69) is 31.2 Å². The van der Waals surface area contributed by atoms with Crippen molar-refractivity contribution in [1.82, 2.24) is 10.5 Å². The number of aliphatic hydroxyl groups is 1. The Balaban J connectivity index is 1.78. The van der Waals surface area contributed by atoms with Crippen LogP contribution in [-0.2, 0) is 0 Å². The number of aromatic nitrogens is 1. The third-order valence-corrected chi connectivity index (χ3v) is 6.75. The standard InChI is InChI=1S/C19H30N2O4S/c1-10(2)26-17-16(25-21-19(17)24-4)18(23)20-15-6-5-12-7-11(3)14(15)9-13(22)8-12/h10-15,22H,5-9H2,1-4H3,(H,20,23)/t11?,12?,13-,14?,15?/m0/s1. The van der Waals surface area contributed by atoms with Crippen molar-refractivity contribution in [2.75, 3.05) is 7.11 Å². The van der Waals surface area contributed by atoms with E-state index in [4.69, 9.17) is 9.26 Å². The number of ether oxygens (including phenoxy) is 1. The van der Waals surface area contributed by atoms with Crippen LogP contribution in [0.2, 0.25) is 0 Å². The van der Waals surface area contributed by atoms with E-state index >= 15 is 0 Å². The summed E-state index contributed by atoms with van der Waals surface area (Å²) in [5, 5.41) is 17.6. The number of methoxy groups -OCH3 is 1. The van der Waals surface area contributed by atoms with Gasteiger partial charge in [0.05, 0.1) is 13.2 Å². The van der Waals surface area contributed by atoms with E-state index in [1.165, 1.54) is 18.9 Å². The second-order valence-corrected chi connectivity index (χ2v) is 9.63. The number of carbonyl (C=O) groups excluding carboxylic acids is 1. The molecular formula is C19H30N2O4S. The first kappa shape index (κ1) is 19.5. The molecule has 146 valence electrons. The van der Waals surface area contributed by atoms with Gasteiger partial charge in [0.2, 0.25) is 5.76 Å². The first-order valence-corrected chi connectivity index (χ1v) is 10.5. The van der Waals surface area contributed by atoms with Crippen LogP contribution in [0.25, 0.3) is 0 Å². The molecule has 2 saturated carbocycles. The lowest BCUT2D eigenvalue weighted by Gasteiger charge is -2.31. The summed E-state index contributed by atoms with van der Waals surface area (Å²) in [6.45, 7) is 6.35. The lowest BCUT2D eigenvalue weighted by atomic mass is 9.82. The fraction of sp³-hybridized carbons (Fsp3) is 0.789. The third kappa shape index (κ3) is 4.19. The van der Waals surface area contributed by atoms with E-state index in [0.29, 0.717) is 28.5 Å². The van der Waals surface area contributed by atoms with Gasteiger partial charge in [-0.05, 0) is 55.0 Å². The molecule has 5 atom stereocenters. The summed E-state index contributed by atoms with van der Waals surface area (Å²) >= 11 is 1.51. The van der Waals surface area contributed by atoms with E-state index in [0.717, 1.165) is 32.1 Å². The van der Waals surface area contributed by atoms with Gasteiger partial charge in [-0.2, -0.15) is 0 Å². The molecule has 0 aliphatic heterocycles. The molecule has 0 spiro atoms. The molecule has 4 unspecified atom stereocenters. The molecule has 6 nitrogen and oxygen atoms in total. The maximum Gasteiger partial charge on any atom is 0.291 e. The Kier molecular flexibility index (Phi) is 6.17. The van der Waals surface area contributed by atoms with E-state index < -0.39 is 0 Å². The number of rotatable bonds is 5. The molecule has 0 radical (unpaired) electrons. The van der Waals surface area contributed by atoms with Crippen LogP contribution in [0.3, 0.4) is 0 Å². The monoisotopic (exact) mass is 382 g/mol. The summed E-state index contributed by atoms with van der Waals surface area (Å²) in [5.41, 5.74) is 0. The van der Waals surface area contributed by atoms with Crippen molar-refractivity contribution >= 4 is 17.7 Å². The summed E-state index contributed by atoms with van der Waals surface area (Å²) < 4.78 is 10.6. The zero-order valence-corrected chi connectivity index (χ0v) is 16.8. The lowest BCUT2D eigenvalue weighted by molar-refractivity contribution is 0.0788. The Labute approximate surface area is 159 Å². The summed E-state index contributed by atoms with van der Waals surface area (Å²) in [7, 11) is 1.53. The number of fused-ring (bicyclic) bond motifs is 3. The molecule has 2 fully saturated rings. The molecule has 0 saturated heterocycles. The molecule has 7 heteroatoms. The van der Waals surface area contributed by atoms with Crippen LogP contribution in [0.5, 0.6) is 5.88 Å². The number of amides is 1. The Morgan fingerprint density at radius 1 is 1.35 bits per heavy atom. The molecule has 0 aromatic carbocycles. The Morgan fingerprint density at radius 2 is 2.12 bits per heavy atom. The van der Waals surface area contributed by atoms with E-state index in [1.54, 1.807) is 0 Å². The van der Waals surface area contributed by atoms with Crippen molar-refractivity contribution in [2.45, 2.75) is 75.2 Å². The van der Waals surface area contributed by atoms with Crippen LogP contribution in [0.4, 0.5) is 0 Å². The summed E-state index contributed by atoms with van der Waals surface area (Å²) in [4.78, 5) is 13.6. The first-order chi connectivity index (χ1) is 12.4. The molecule has 2 aliphatic carbocycles. The van der Waals surface area contributed by atoms with Crippen molar-refractivity contribution in [3.8, 4) is 5.88 Å². The van der Waals surface area contributed by atoms with Gasteiger partial charge in [0.25, 0.3) is 11.8 Å². The van der Waals surface area contributed by atoms with Crippen LogP contribution in [0.15, 0.2) is 9.42 Å². The van der Waals surface area contributed by atoms with Crippen molar-refractivity contribution in [1.29, 1.82) is 0 Å². The summed E-state index contributed by atoms with van der Waals surface area (Å²) in [5.74, 6) is 1.71. The average molecular weight is 383 g/mol. The lowest BCUT2D eigenvalue weighted by Crippen LogP contribution is -2.43. The highest BCUT2D eigenvalue weighted by Gasteiger charge is 2.39. The number of carbonyl (C=O) groups is 1. The highest BCUT2D eigenvalue weighted by molar-refractivity contribution is 8.00. The normalized spacial score (nSPS) is 31.5. The van der Waals surface area contributed by atoms with E-state index in [-0.39, 0.29) is 29.1 Å². The average Bonchev–Trinajstić information content (AvgIpc) is 2.83. The van der Waals surface area contributed by atoms with Crippen molar-refractivity contribution in [2.24, 2.45) is 17.8 Å². The number of aliphatic hydroxyl groups excluding tert-OH is 1. The molecule has 1 heterocycles. The predicted octanol–water partition coefficient (Wildman–Crippen LogP) is 3.49. The fourth-order valence-electron chi connectivity index (χ4n) is 4.54. The predicted molar refractivity (Wildman–Crippen MR) is 101 cm³/mol. The van der Waals surface area contributed by atoms with Crippen LogP contribution in [0.1, 0.15) is 63.4 Å². The molecule has 26 heavy (non-hydrogen) atoms. The molecule has 1 amide bonds. The van der Waals surface area contributed by atoms with E-state index in [1.807, 2.05) is 0 Å². The highest BCUT2D eigenvalue weighted by Crippen LogP contribution is 2.41. The quantitative estimate of drug-likeness (QED) is 0.759. The molecular weight excluding hydrogens is 352 g/mol. The SMILES string of the molecule is COc1noc(C(=O)NC2CCC3CC(C)C2C[C@@H](O)C3)c1SC(C)C. The van der Waals surface area contributed by atoms with Gasteiger partial charge in [-0.15, -0.1) is 11.8 Å². The smallest absolute Gasteiger partial charge is 0.291 e. The van der Waals surface area contributed by atoms with Crippen molar-refractivity contribution in [3.63, 3.8) is 0 Å². The minimum atomic E-state index is -0.257. The second-order valence-electron chi connectivity index (χ2n) is 8.04. The topological polar surface area (TPSA) is 84.6 Å². The summed E-state index contributed by atoms with van der Waals surface area (Å²) in [6, 6.07) is 0.0606. The largest absolute Gasteiger partial charge is 0.478 e. The van der Waals surface area contributed by atoms with Crippen LogP contribution in [-0.4, -0.2) is 40.7 Å². The van der Waals surface area contributed by atoms with Crippen molar-refractivity contribution < 1.29 is 19.2 Å².